The van der Waals surface area contributed by atoms with Gasteiger partial charge in [0.1, 0.15) is 11.8 Å². The third-order valence-corrected chi connectivity index (χ3v) is 2.32. The topological polar surface area (TPSA) is 78.4 Å². The fourth-order valence-corrected chi connectivity index (χ4v) is 1.50. The summed E-state index contributed by atoms with van der Waals surface area (Å²) in [6, 6.07) is 5.93. The number of hydrogen-bond acceptors (Lipinski definition) is 3. The number of likely N-dealkylation sites (N-methyl/N-ethyl adjacent to an activating group) is 1. The second-order valence-electron chi connectivity index (χ2n) is 3.74. The Labute approximate surface area is 99.8 Å². The Hall–Kier alpha value is -2.04. The second kappa shape index (κ2) is 5.89. The smallest absolute Gasteiger partial charge is 0.242 e. The maximum absolute atomic E-state index is 11.5. The van der Waals surface area contributed by atoms with Crippen LogP contribution in [0.25, 0.3) is 0 Å². The molecule has 0 aliphatic rings. The Morgan fingerprint density at radius 3 is 2.35 bits per heavy atom. The van der Waals surface area contributed by atoms with Crippen molar-refractivity contribution in [2.75, 3.05) is 7.05 Å². The predicted octanol–water partition coefficient (Wildman–Crippen LogP) is 0.185. The molecule has 0 bridgehead atoms. The number of rotatable bonds is 4. The quantitative estimate of drug-likeness (QED) is 0.698. The van der Waals surface area contributed by atoms with E-state index in [0.717, 1.165) is 5.56 Å². The highest BCUT2D eigenvalue weighted by Crippen LogP contribution is 2.11. The predicted molar refractivity (Wildman–Crippen MR) is 63.5 cm³/mol. The summed E-state index contributed by atoms with van der Waals surface area (Å²) < 4.78 is 0. The van der Waals surface area contributed by atoms with Crippen LogP contribution in [0, 0.1) is 0 Å². The molecule has 3 N–H and O–H groups in total. The van der Waals surface area contributed by atoms with Gasteiger partial charge in [-0.2, -0.15) is 0 Å². The molecule has 0 aliphatic heterocycles. The maximum atomic E-state index is 11.5. The van der Waals surface area contributed by atoms with E-state index in [-0.39, 0.29) is 17.6 Å². The molecule has 0 fully saturated rings. The zero-order valence-electron chi connectivity index (χ0n) is 9.86. The minimum Gasteiger partial charge on any atom is -0.508 e. The Balaban J connectivity index is 2.75. The van der Waals surface area contributed by atoms with Crippen LogP contribution in [-0.4, -0.2) is 30.0 Å². The standard InChI is InChI=1S/C12H16N2O3/c1-8(15)14-11(12(17)13-2)7-9-3-5-10(16)6-4-9/h3-6,11,16H,7H2,1-2H3,(H,13,17)(H,14,15)/t11-/m0/s1. The normalized spacial score (nSPS) is 11.6. The van der Waals surface area contributed by atoms with E-state index in [1.165, 1.54) is 14.0 Å². The van der Waals surface area contributed by atoms with Crippen LogP contribution in [0.15, 0.2) is 24.3 Å². The van der Waals surface area contributed by atoms with Crippen LogP contribution in [0.5, 0.6) is 5.75 Å². The lowest BCUT2D eigenvalue weighted by molar-refractivity contribution is -0.127. The maximum Gasteiger partial charge on any atom is 0.242 e. The molecule has 0 unspecified atom stereocenters. The highest BCUT2D eigenvalue weighted by molar-refractivity contribution is 5.86. The van der Waals surface area contributed by atoms with Gasteiger partial charge in [-0.05, 0) is 17.7 Å². The van der Waals surface area contributed by atoms with Gasteiger partial charge in [-0.15, -0.1) is 0 Å². The molecular formula is C12H16N2O3. The van der Waals surface area contributed by atoms with Crippen molar-refractivity contribution in [3.63, 3.8) is 0 Å². The van der Waals surface area contributed by atoms with Crippen LogP contribution in [-0.2, 0) is 16.0 Å². The first-order valence-electron chi connectivity index (χ1n) is 5.29. The van der Waals surface area contributed by atoms with Gasteiger partial charge in [0.25, 0.3) is 0 Å². The number of carbonyl (C=O) groups is 2. The fraction of sp³-hybridized carbons (Fsp3) is 0.333. The van der Waals surface area contributed by atoms with E-state index in [9.17, 15) is 9.59 Å². The lowest BCUT2D eigenvalue weighted by atomic mass is 10.1. The van der Waals surface area contributed by atoms with Gasteiger partial charge in [0.15, 0.2) is 0 Å². The van der Waals surface area contributed by atoms with Crippen molar-refractivity contribution in [1.29, 1.82) is 0 Å². The largest absolute Gasteiger partial charge is 0.508 e. The van der Waals surface area contributed by atoms with Gasteiger partial charge in [0.05, 0.1) is 0 Å². The molecule has 1 rings (SSSR count). The Bertz CT molecular complexity index is 401. The first-order valence-corrected chi connectivity index (χ1v) is 5.29. The molecular weight excluding hydrogens is 220 g/mol. The van der Waals surface area contributed by atoms with Crippen LogP contribution in [0.2, 0.25) is 0 Å². The van der Waals surface area contributed by atoms with Crippen LogP contribution in [0.4, 0.5) is 0 Å². The first kappa shape index (κ1) is 13.0. The van der Waals surface area contributed by atoms with Crippen LogP contribution < -0.4 is 10.6 Å². The van der Waals surface area contributed by atoms with Gasteiger partial charge >= 0.3 is 0 Å². The van der Waals surface area contributed by atoms with Crippen molar-refractivity contribution in [2.24, 2.45) is 0 Å². The summed E-state index contributed by atoms with van der Waals surface area (Å²) in [4.78, 5) is 22.5. The number of hydrogen-bond donors (Lipinski definition) is 3. The van der Waals surface area contributed by atoms with Crippen LogP contribution in [0.1, 0.15) is 12.5 Å². The van der Waals surface area contributed by atoms with Gasteiger partial charge < -0.3 is 15.7 Å². The molecule has 1 aromatic rings. The van der Waals surface area contributed by atoms with Gasteiger partial charge in [-0.1, -0.05) is 12.1 Å². The summed E-state index contributed by atoms with van der Waals surface area (Å²) in [7, 11) is 1.52. The van der Waals surface area contributed by atoms with E-state index in [2.05, 4.69) is 10.6 Å². The summed E-state index contributed by atoms with van der Waals surface area (Å²) >= 11 is 0. The molecule has 17 heavy (non-hydrogen) atoms. The highest BCUT2D eigenvalue weighted by Gasteiger charge is 2.18. The number of amides is 2. The van der Waals surface area contributed by atoms with Crippen molar-refractivity contribution < 1.29 is 14.7 Å². The van der Waals surface area contributed by atoms with Crippen molar-refractivity contribution in [1.82, 2.24) is 10.6 Å². The van der Waals surface area contributed by atoms with Crippen molar-refractivity contribution in [3.8, 4) is 5.75 Å². The number of nitrogens with one attached hydrogen (secondary N) is 2. The zero-order chi connectivity index (χ0) is 12.8. The molecule has 0 heterocycles. The molecule has 5 heteroatoms. The molecule has 0 saturated carbocycles. The fourth-order valence-electron chi connectivity index (χ4n) is 1.50. The summed E-state index contributed by atoms with van der Waals surface area (Å²) in [6.45, 7) is 1.37. The van der Waals surface area contributed by atoms with Gasteiger partial charge in [0.2, 0.25) is 11.8 Å². The zero-order valence-corrected chi connectivity index (χ0v) is 9.86. The molecule has 1 aromatic carbocycles. The number of aromatic hydroxyl groups is 1. The van der Waals surface area contributed by atoms with Crippen molar-refractivity contribution in [2.45, 2.75) is 19.4 Å². The molecule has 0 spiro atoms. The molecule has 0 aliphatic carbocycles. The van der Waals surface area contributed by atoms with Gasteiger partial charge in [0, 0.05) is 20.4 Å². The average molecular weight is 236 g/mol. The molecule has 1 atom stereocenters. The van der Waals surface area contributed by atoms with E-state index < -0.39 is 6.04 Å². The van der Waals surface area contributed by atoms with E-state index in [1.807, 2.05) is 0 Å². The second-order valence-corrected chi connectivity index (χ2v) is 3.74. The number of phenols is 1. The SMILES string of the molecule is CNC(=O)[C@H](Cc1ccc(O)cc1)NC(C)=O. The summed E-state index contributed by atoms with van der Waals surface area (Å²) in [5.74, 6) is -0.324. The summed E-state index contributed by atoms with van der Waals surface area (Å²) in [5.41, 5.74) is 0.866. The molecule has 92 valence electrons. The van der Waals surface area contributed by atoms with Crippen LogP contribution >= 0.6 is 0 Å². The summed E-state index contributed by atoms with van der Waals surface area (Å²) in [6.07, 6.45) is 0.388. The highest BCUT2D eigenvalue weighted by atomic mass is 16.3. The number of carbonyl (C=O) groups excluding carboxylic acids is 2. The Kier molecular flexibility index (Phi) is 4.51. The monoisotopic (exact) mass is 236 g/mol. The molecule has 5 nitrogen and oxygen atoms in total. The molecule has 0 radical (unpaired) electrons. The van der Waals surface area contributed by atoms with Gasteiger partial charge in [-0.3, -0.25) is 9.59 Å². The Morgan fingerprint density at radius 2 is 1.88 bits per heavy atom. The molecule has 2 amide bonds. The van der Waals surface area contributed by atoms with Crippen molar-refractivity contribution >= 4 is 11.8 Å². The number of phenolic OH excluding ortho intramolecular Hbond substituents is 1. The van der Waals surface area contributed by atoms with Crippen LogP contribution in [0.3, 0.4) is 0 Å². The third kappa shape index (κ3) is 4.14. The minimum absolute atomic E-state index is 0.171. The van der Waals surface area contributed by atoms with E-state index >= 15 is 0 Å². The average Bonchev–Trinajstić information content (AvgIpc) is 2.29. The molecule has 0 aromatic heterocycles. The Morgan fingerprint density at radius 1 is 1.29 bits per heavy atom. The lowest BCUT2D eigenvalue weighted by Gasteiger charge is -2.16. The molecule has 0 saturated heterocycles. The minimum atomic E-state index is -0.595. The lowest BCUT2D eigenvalue weighted by Crippen LogP contribution is -2.46. The van der Waals surface area contributed by atoms with E-state index in [4.69, 9.17) is 5.11 Å². The number of benzene rings is 1. The van der Waals surface area contributed by atoms with Crippen molar-refractivity contribution in [3.05, 3.63) is 29.8 Å². The summed E-state index contributed by atoms with van der Waals surface area (Å²) in [5, 5.41) is 14.2. The van der Waals surface area contributed by atoms with E-state index in [1.54, 1.807) is 24.3 Å². The van der Waals surface area contributed by atoms with E-state index in [0.29, 0.717) is 6.42 Å². The van der Waals surface area contributed by atoms with Gasteiger partial charge in [-0.25, -0.2) is 0 Å². The third-order valence-electron chi connectivity index (χ3n) is 2.32. The first-order chi connectivity index (χ1) is 8.02.